The second-order valence-corrected chi connectivity index (χ2v) is 6.87. The minimum absolute atomic E-state index is 0.920. The molecule has 2 aromatic heterocycles. The summed E-state index contributed by atoms with van der Waals surface area (Å²) in [6.07, 6.45) is 2.82. The van der Waals surface area contributed by atoms with Gasteiger partial charge in [0.2, 0.25) is 0 Å². The summed E-state index contributed by atoms with van der Waals surface area (Å²) in [6, 6.07) is 28.1. The predicted molar refractivity (Wildman–Crippen MR) is 107 cm³/mol. The number of aromatic nitrogens is 2. The van der Waals surface area contributed by atoms with Gasteiger partial charge < -0.3 is 4.57 Å². The smallest absolute Gasteiger partial charge is 0.0744 e. The molecule has 0 aliphatic heterocycles. The Bertz CT molecular complexity index is 1300. The molecule has 3 aromatic carbocycles. The first kappa shape index (κ1) is 13.9. The highest BCUT2D eigenvalue weighted by molar-refractivity contribution is 6.17. The van der Waals surface area contributed by atoms with Crippen molar-refractivity contribution in [2.75, 3.05) is 0 Å². The molecule has 0 unspecified atom stereocenters. The van der Waals surface area contributed by atoms with E-state index in [1.54, 1.807) is 0 Å². The van der Waals surface area contributed by atoms with Gasteiger partial charge in [-0.25, -0.2) is 0 Å². The SMILES string of the molecule is c1ccc(-n2c3cccc4c3c3c(cccc32)-c2ncccc2C4)cc1. The van der Waals surface area contributed by atoms with Crippen molar-refractivity contribution in [2.45, 2.75) is 6.42 Å². The van der Waals surface area contributed by atoms with Gasteiger partial charge in [-0.3, -0.25) is 4.98 Å². The van der Waals surface area contributed by atoms with Crippen molar-refractivity contribution < 1.29 is 0 Å². The first-order chi connectivity index (χ1) is 12.9. The molecular formula is C24H16N2. The average molecular weight is 332 g/mol. The molecule has 0 N–H and O–H groups in total. The highest BCUT2D eigenvalue weighted by Gasteiger charge is 2.23. The van der Waals surface area contributed by atoms with Gasteiger partial charge in [-0.15, -0.1) is 0 Å². The molecule has 2 heterocycles. The van der Waals surface area contributed by atoms with Crippen molar-refractivity contribution in [2.24, 2.45) is 0 Å². The van der Waals surface area contributed by atoms with E-state index in [1.807, 2.05) is 12.3 Å². The zero-order valence-electron chi connectivity index (χ0n) is 14.2. The highest BCUT2D eigenvalue weighted by Crippen LogP contribution is 2.43. The fraction of sp³-hybridized carbons (Fsp3) is 0.0417. The van der Waals surface area contributed by atoms with Crippen LogP contribution in [0.15, 0.2) is 85.1 Å². The molecular weight excluding hydrogens is 316 g/mol. The molecule has 1 aliphatic carbocycles. The summed E-state index contributed by atoms with van der Waals surface area (Å²) in [4.78, 5) is 4.75. The lowest BCUT2D eigenvalue weighted by molar-refractivity contribution is 1.15. The Morgan fingerprint density at radius 3 is 2.31 bits per heavy atom. The van der Waals surface area contributed by atoms with Crippen LogP contribution in [-0.4, -0.2) is 9.55 Å². The van der Waals surface area contributed by atoms with E-state index in [4.69, 9.17) is 4.98 Å². The van der Waals surface area contributed by atoms with E-state index in [0.29, 0.717) is 0 Å². The van der Waals surface area contributed by atoms with E-state index in [2.05, 4.69) is 77.4 Å². The first-order valence-electron chi connectivity index (χ1n) is 8.96. The molecule has 2 heteroatoms. The van der Waals surface area contributed by atoms with E-state index in [1.165, 1.54) is 44.2 Å². The Kier molecular flexibility index (Phi) is 2.69. The van der Waals surface area contributed by atoms with Crippen LogP contribution in [0.1, 0.15) is 11.1 Å². The highest BCUT2D eigenvalue weighted by atomic mass is 15.0. The van der Waals surface area contributed by atoms with E-state index in [9.17, 15) is 0 Å². The van der Waals surface area contributed by atoms with Gasteiger partial charge in [-0.05, 0) is 41.5 Å². The van der Waals surface area contributed by atoms with Gasteiger partial charge in [0.15, 0.2) is 0 Å². The number of hydrogen-bond donors (Lipinski definition) is 0. The monoisotopic (exact) mass is 332 g/mol. The summed E-state index contributed by atoms with van der Waals surface area (Å²) in [6.45, 7) is 0. The lowest BCUT2D eigenvalue weighted by atomic mass is 10.0. The van der Waals surface area contributed by atoms with E-state index in [0.717, 1.165) is 12.1 Å². The van der Waals surface area contributed by atoms with Crippen LogP contribution in [-0.2, 0) is 6.42 Å². The summed E-state index contributed by atoms with van der Waals surface area (Å²) in [5.41, 5.74) is 8.74. The lowest BCUT2D eigenvalue weighted by Gasteiger charge is -2.11. The predicted octanol–water partition coefficient (Wildman–Crippen LogP) is 5.75. The summed E-state index contributed by atoms with van der Waals surface area (Å²) < 4.78 is 2.38. The van der Waals surface area contributed by atoms with Crippen molar-refractivity contribution in [1.29, 1.82) is 0 Å². The molecule has 6 rings (SSSR count). The molecule has 0 fully saturated rings. The molecule has 0 atom stereocenters. The van der Waals surface area contributed by atoms with Crippen LogP contribution < -0.4 is 0 Å². The third kappa shape index (κ3) is 1.73. The molecule has 0 saturated carbocycles. The maximum absolute atomic E-state index is 4.75. The minimum atomic E-state index is 0.920. The second kappa shape index (κ2) is 5.06. The standard InChI is InChI=1S/C24H16N2/c1-2-9-18(10-3-1)26-20-12-4-7-16-15-17-8-6-14-25-24(17)19-11-5-13-21(26)23(19)22(16)20/h1-14H,15H2. The molecule has 26 heavy (non-hydrogen) atoms. The van der Waals surface area contributed by atoms with Gasteiger partial charge in [-0.1, -0.05) is 48.5 Å². The van der Waals surface area contributed by atoms with Gasteiger partial charge in [-0.2, -0.15) is 0 Å². The summed E-state index contributed by atoms with van der Waals surface area (Å²) >= 11 is 0. The Morgan fingerprint density at radius 1 is 0.654 bits per heavy atom. The summed E-state index contributed by atoms with van der Waals surface area (Å²) in [5.74, 6) is 0. The van der Waals surface area contributed by atoms with Crippen LogP contribution >= 0.6 is 0 Å². The lowest BCUT2D eigenvalue weighted by Crippen LogP contribution is -1.96. The van der Waals surface area contributed by atoms with Crippen molar-refractivity contribution in [3.05, 3.63) is 96.2 Å². The van der Waals surface area contributed by atoms with Crippen molar-refractivity contribution in [3.8, 4) is 16.9 Å². The Balaban J connectivity index is 1.88. The molecule has 0 radical (unpaired) electrons. The van der Waals surface area contributed by atoms with E-state index < -0.39 is 0 Å². The molecule has 0 amide bonds. The minimum Gasteiger partial charge on any atom is -0.309 e. The number of hydrogen-bond acceptors (Lipinski definition) is 1. The summed E-state index contributed by atoms with van der Waals surface area (Å²) in [7, 11) is 0. The third-order valence-electron chi connectivity index (χ3n) is 5.44. The Labute approximate surface area is 151 Å². The van der Waals surface area contributed by atoms with Gasteiger partial charge in [0.05, 0.1) is 16.7 Å². The van der Waals surface area contributed by atoms with Crippen LogP contribution in [0.3, 0.4) is 0 Å². The third-order valence-corrected chi connectivity index (χ3v) is 5.44. The fourth-order valence-corrected chi connectivity index (χ4v) is 4.41. The number of nitrogens with zero attached hydrogens (tertiary/aromatic N) is 2. The number of para-hydroxylation sites is 1. The quantitative estimate of drug-likeness (QED) is 0.375. The zero-order chi connectivity index (χ0) is 17.1. The fourth-order valence-electron chi connectivity index (χ4n) is 4.41. The van der Waals surface area contributed by atoms with Crippen molar-refractivity contribution >= 4 is 21.8 Å². The molecule has 2 nitrogen and oxygen atoms in total. The molecule has 0 bridgehead atoms. The van der Waals surface area contributed by atoms with E-state index >= 15 is 0 Å². The van der Waals surface area contributed by atoms with Crippen LogP contribution in [0, 0.1) is 0 Å². The topological polar surface area (TPSA) is 17.8 Å². The number of fused-ring (bicyclic) bond motifs is 2. The van der Waals surface area contributed by atoms with Crippen molar-refractivity contribution in [3.63, 3.8) is 0 Å². The zero-order valence-corrected chi connectivity index (χ0v) is 14.2. The molecule has 122 valence electrons. The van der Waals surface area contributed by atoms with Gasteiger partial charge in [0.25, 0.3) is 0 Å². The Morgan fingerprint density at radius 2 is 1.42 bits per heavy atom. The molecule has 5 aromatic rings. The average Bonchev–Trinajstić information content (AvgIpc) is 2.96. The van der Waals surface area contributed by atoms with Crippen LogP contribution in [0.25, 0.3) is 38.8 Å². The number of benzene rings is 3. The second-order valence-electron chi connectivity index (χ2n) is 6.87. The van der Waals surface area contributed by atoms with Gasteiger partial charge in [0.1, 0.15) is 0 Å². The Hall–Kier alpha value is -3.39. The molecule has 1 aliphatic rings. The van der Waals surface area contributed by atoms with Crippen LogP contribution in [0.2, 0.25) is 0 Å². The largest absolute Gasteiger partial charge is 0.309 e. The normalized spacial score (nSPS) is 12.5. The number of pyridine rings is 1. The maximum atomic E-state index is 4.75. The maximum Gasteiger partial charge on any atom is 0.0744 e. The first-order valence-corrected chi connectivity index (χ1v) is 8.96. The number of rotatable bonds is 1. The summed E-state index contributed by atoms with van der Waals surface area (Å²) in [5, 5.41) is 2.68. The van der Waals surface area contributed by atoms with Crippen LogP contribution in [0.5, 0.6) is 0 Å². The van der Waals surface area contributed by atoms with E-state index in [-0.39, 0.29) is 0 Å². The van der Waals surface area contributed by atoms with Gasteiger partial charge in [0, 0.05) is 34.6 Å². The van der Waals surface area contributed by atoms with Crippen LogP contribution in [0.4, 0.5) is 0 Å². The molecule has 0 spiro atoms. The molecule has 0 saturated heterocycles. The van der Waals surface area contributed by atoms with Crippen molar-refractivity contribution in [1.82, 2.24) is 9.55 Å². The van der Waals surface area contributed by atoms with Gasteiger partial charge >= 0.3 is 0 Å².